The molecular formula is C13H11ClN4OS. The van der Waals surface area contributed by atoms with Gasteiger partial charge in [-0.3, -0.25) is 0 Å². The molecule has 102 valence electrons. The van der Waals surface area contributed by atoms with Crippen molar-refractivity contribution in [2.75, 3.05) is 5.73 Å². The van der Waals surface area contributed by atoms with Crippen LogP contribution in [0.5, 0.6) is 0 Å². The van der Waals surface area contributed by atoms with E-state index in [1.165, 1.54) is 0 Å². The van der Waals surface area contributed by atoms with E-state index in [2.05, 4.69) is 15.1 Å². The number of halogens is 1. The lowest BCUT2D eigenvalue weighted by molar-refractivity contribution is 0.424. The lowest BCUT2D eigenvalue weighted by Gasteiger charge is -2.01. The van der Waals surface area contributed by atoms with Gasteiger partial charge in [-0.15, -0.1) is 11.3 Å². The molecule has 0 bridgehead atoms. The van der Waals surface area contributed by atoms with Crippen molar-refractivity contribution in [1.29, 1.82) is 0 Å². The number of benzene rings is 1. The molecule has 0 unspecified atom stereocenters. The lowest BCUT2D eigenvalue weighted by Crippen LogP contribution is -1.92. The Hall–Kier alpha value is -1.92. The van der Waals surface area contributed by atoms with Crippen molar-refractivity contribution < 1.29 is 4.52 Å². The molecular weight excluding hydrogens is 296 g/mol. The first-order valence-electron chi connectivity index (χ1n) is 5.91. The SMILES string of the molecule is Cc1csc(Cc2noc(-c3c(N)cccc3Cl)n2)n1. The van der Waals surface area contributed by atoms with Crippen molar-refractivity contribution in [3.63, 3.8) is 0 Å². The van der Waals surface area contributed by atoms with Gasteiger partial charge < -0.3 is 10.3 Å². The zero-order chi connectivity index (χ0) is 14.1. The van der Waals surface area contributed by atoms with E-state index < -0.39 is 0 Å². The van der Waals surface area contributed by atoms with E-state index in [-0.39, 0.29) is 0 Å². The molecule has 0 aliphatic heterocycles. The van der Waals surface area contributed by atoms with Crippen molar-refractivity contribution in [2.45, 2.75) is 13.3 Å². The molecule has 3 rings (SSSR count). The molecule has 7 heteroatoms. The Morgan fingerprint density at radius 1 is 1.35 bits per heavy atom. The molecule has 2 heterocycles. The second-order valence-corrected chi connectivity index (χ2v) is 5.63. The fraction of sp³-hybridized carbons (Fsp3) is 0.154. The van der Waals surface area contributed by atoms with Gasteiger partial charge in [-0.1, -0.05) is 22.8 Å². The highest BCUT2D eigenvalue weighted by Gasteiger charge is 2.16. The predicted molar refractivity (Wildman–Crippen MR) is 78.8 cm³/mol. The monoisotopic (exact) mass is 306 g/mol. The minimum absolute atomic E-state index is 0.330. The highest BCUT2D eigenvalue weighted by atomic mass is 35.5. The number of nitrogen functional groups attached to an aromatic ring is 1. The maximum absolute atomic E-state index is 6.12. The van der Waals surface area contributed by atoms with Gasteiger partial charge in [0.05, 0.1) is 17.0 Å². The first-order valence-corrected chi connectivity index (χ1v) is 7.17. The average molecular weight is 307 g/mol. The number of thiazole rings is 1. The molecule has 0 saturated carbocycles. The summed E-state index contributed by atoms with van der Waals surface area (Å²) in [6, 6.07) is 5.26. The minimum atomic E-state index is 0.330. The highest BCUT2D eigenvalue weighted by molar-refractivity contribution is 7.09. The number of nitrogens with zero attached hydrogens (tertiary/aromatic N) is 3. The van der Waals surface area contributed by atoms with Gasteiger partial charge in [-0.25, -0.2) is 4.98 Å². The summed E-state index contributed by atoms with van der Waals surface area (Å²) in [5.41, 5.74) is 7.97. The van der Waals surface area contributed by atoms with E-state index in [9.17, 15) is 0 Å². The number of aryl methyl sites for hydroxylation is 1. The number of rotatable bonds is 3. The maximum atomic E-state index is 6.12. The second-order valence-electron chi connectivity index (χ2n) is 4.28. The Morgan fingerprint density at radius 3 is 2.90 bits per heavy atom. The molecule has 0 aliphatic rings. The summed E-state index contributed by atoms with van der Waals surface area (Å²) in [6.45, 7) is 1.95. The van der Waals surface area contributed by atoms with E-state index in [1.54, 1.807) is 29.5 Å². The third-order valence-corrected chi connectivity index (χ3v) is 3.99. The molecule has 2 aromatic heterocycles. The van der Waals surface area contributed by atoms with Crippen molar-refractivity contribution >= 4 is 28.6 Å². The van der Waals surface area contributed by atoms with Gasteiger partial charge >= 0.3 is 0 Å². The first-order chi connectivity index (χ1) is 9.63. The van der Waals surface area contributed by atoms with Crippen molar-refractivity contribution in [1.82, 2.24) is 15.1 Å². The largest absolute Gasteiger partial charge is 0.398 e. The zero-order valence-electron chi connectivity index (χ0n) is 10.6. The van der Waals surface area contributed by atoms with Crippen LogP contribution in [0.15, 0.2) is 28.1 Å². The standard InChI is InChI=1S/C13H11ClN4OS/c1-7-6-20-11(16-7)5-10-17-13(19-18-10)12-8(14)3-2-4-9(12)15/h2-4,6H,5,15H2,1H3. The van der Waals surface area contributed by atoms with E-state index in [1.807, 2.05) is 12.3 Å². The molecule has 1 aromatic carbocycles. The minimum Gasteiger partial charge on any atom is -0.398 e. The molecule has 0 fully saturated rings. The summed E-state index contributed by atoms with van der Waals surface area (Å²) in [5.74, 6) is 0.894. The Bertz CT molecular complexity index is 732. The van der Waals surface area contributed by atoms with Gasteiger partial charge in [0.2, 0.25) is 0 Å². The number of aromatic nitrogens is 3. The summed E-state index contributed by atoms with van der Waals surface area (Å²) in [4.78, 5) is 8.70. The van der Waals surface area contributed by atoms with Crippen LogP contribution in [0.4, 0.5) is 5.69 Å². The Balaban J connectivity index is 1.90. The molecule has 0 amide bonds. The molecule has 3 aromatic rings. The van der Waals surface area contributed by atoms with Crippen LogP contribution in [-0.4, -0.2) is 15.1 Å². The Kier molecular flexibility index (Phi) is 3.42. The van der Waals surface area contributed by atoms with E-state index in [0.29, 0.717) is 34.4 Å². The number of nitrogens with two attached hydrogens (primary N) is 1. The first kappa shape index (κ1) is 13.1. The van der Waals surface area contributed by atoms with Crippen LogP contribution in [-0.2, 0) is 6.42 Å². The molecule has 0 saturated heterocycles. The third-order valence-electron chi connectivity index (χ3n) is 2.70. The average Bonchev–Trinajstić information content (AvgIpc) is 3.00. The second kappa shape index (κ2) is 5.22. The van der Waals surface area contributed by atoms with Crippen LogP contribution in [0.2, 0.25) is 5.02 Å². The molecule has 5 nitrogen and oxygen atoms in total. The summed E-state index contributed by atoms with van der Waals surface area (Å²) in [5, 5.41) is 7.37. The summed E-state index contributed by atoms with van der Waals surface area (Å²) in [7, 11) is 0. The van der Waals surface area contributed by atoms with Crippen LogP contribution in [0.3, 0.4) is 0 Å². The van der Waals surface area contributed by atoms with Gasteiger partial charge in [0, 0.05) is 16.8 Å². The maximum Gasteiger partial charge on any atom is 0.261 e. The van der Waals surface area contributed by atoms with Crippen LogP contribution >= 0.6 is 22.9 Å². The van der Waals surface area contributed by atoms with Crippen molar-refractivity contribution in [3.05, 3.63) is 45.1 Å². The van der Waals surface area contributed by atoms with Crippen LogP contribution in [0.25, 0.3) is 11.5 Å². The topological polar surface area (TPSA) is 77.8 Å². The molecule has 0 radical (unpaired) electrons. The van der Waals surface area contributed by atoms with Crippen LogP contribution < -0.4 is 5.73 Å². The smallest absolute Gasteiger partial charge is 0.261 e. The fourth-order valence-electron chi connectivity index (χ4n) is 1.81. The molecule has 0 atom stereocenters. The quantitative estimate of drug-likeness (QED) is 0.751. The summed E-state index contributed by atoms with van der Waals surface area (Å²) < 4.78 is 5.24. The number of hydrogen-bond acceptors (Lipinski definition) is 6. The highest BCUT2D eigenvalue weighted by Crippen LogP contribution is 2.32. The van der Waals surface area contributed by atoms with Crippen molar-refractivity contribution in [3.8, 4) is 11.5 Å². The molecule has 20 heavy (non-hydrogen) atoms. The van der Waals surface area contributed by atoms with Gasteiger partial charge in [0.1, 0.15) is 5.01 Å². The Labute approximate surface area is 124 Å². The predicted octanol–water partition coefficient (Wildman–Crippen LogP) is 3.33. The van der Waals surface area contributed by atoms with Crippen molar-refractivity contribution in [2.24, 2.45) is 0 Å². The van der Waals surface area contributed by atoms with Crippen LogP contribution in [0, 0.1) is 6.92 Å². The number of anilines is 1. The number of hydrogen-bond donors (Lipinski definition) is 1. The molecule has 0 spiro atoms. The van der Waals surface area contributed by atoms with Gasteiger partial charge in [0.25, 0.3) is 5.89 Å². The van der Waals surface area contributed by atoms with E-state index in [4.69, 9.17) is 21.9 Å². The lowest BCUT2D eigenvalue weighted by atomic mass is 10.2. The molecule has 2 N–H and O–H groups in total. The Morgan fingerprint density at radius 2 is 2.20 bits per heavy atom. The fourth-order valence-corrected chi connectivity index (χ4v) is 2.84. The summed E-state index contributed by atoms with van der Waals surface area (Å²) in [6.07, 6.45) is 0.534. The normalized spacial score (nSPS) is 10.9. The zero-order valence-corrected chi connectivity index (χ0v) is 12.2. The van der Waals surface area contributed by atoms with E-state index >= 15 is 0 Å². The van der Waals surface area contributed by atoms with Gasteiger partial charge in [-0.2, -0.15) is 4.98 Å². The van der Waals surface area contributed by atoms with Gasteiger partial charge in [0.15, 0.2) is 5.82 Å². The van der Waals surface area contributed by atoms with Crippen LogP contribution in [0.1, 0.15) is 16.5 Å². The third kappa shape index (κ3) is 2.52. The summed E-state index contributed by atoms with van der Waals surface area (Å²) >= 11 is 7.69. The molecule has 0 aliphatic carbocycles. The van der Waals surface area contributed by atoms with Gasteiger partial charge in [-0.05, 0) is 19.1 Å². The van der Waals surface area contributed by atoms with E-state index in [0.717, 1.165) is 10.7 Å².